The van der Waals surface area contributed by atoms with Crippen LogP contribution in [0.3, 0.4) is 0 Å². The summed E-state index contributed by atoms with van der Waals surface area (Å²) in [5.74, 6) is 4.28. The van der Waals surface area contributed by atoms with Gasteiger partial charge in [0, 0.05) is 25.7 Å². The first-order chi connectivity index (χ1) is 46.1. The number of unbranched alkanes of at least 4 members (excludes halogenated alkanes) is 36. The zero-order valence-electron chi connectivity index (χ0n) is 66.2. The standard InChI is InChI=1S/C92H152O4/c1-17-21-25-29-33-37-41-45-49-53-57-93-85-73-61-75-67-82(90(8,9)10)69-77(86(75)94-58-54-50-46-42-38-34-30-26-22-18-2)63-79-71-84(92(14,15)16)72-80(88(79)96-60-56-52-48-44-40-36-32-28-24-20-4)64-78-70-83(91(11,12)13)68-76(62-74(85)66-81(65-73)89(5,6)7)87(78)95-59-55-51-47-43-39-35-31-27-23-19-3/h65-72H,17-64H2,1-16H3. The molecular weight excluding hydrogens is 1170 g/mol. The fourth-order valence-corrected chi connectivity index (χ4v) is 14.4. The van der Waals surface area contributed by atoms with Crippen molar-refractivity contribution in [1.82, 2.24) is 0 Å². The van der Waals surface area contributed by atoms with Gasteiger partial charge in [-0.1, -0.05) is 390 Å². The lowest BCUT2D eigenvalue weighted by atomic mass is 9.79. The predicted molar refractivity (Wildman–Crippen MR) is 421 cm³/mol. The highest BCUT2D eigenvalue weighted by Crippen LogP contribution is 2.45. The molecule has 544 valence electrons. The molecule has 96 heavy (non-hydrogen) atoms. The minimum Gasteiger partial charge on any atom is -0.493 e. The van der Waals surface area contributed by atoms with Gasteiger partial charge in [0.2, 0.25) is 0 Å². The number of benzene rings is 4. The molecule has 0 aliphatic heterocycles. The maximum Gasteiger partial charge on any atom is 0.126 e. The molecule has 0 saturated carbocycles. The van der Waals surface area contributed by atoms with E-state index in [1.807, 2.05) is 0 Å². The van der Waals surface area contributed by atoms with Gasteiger partial charge in [-0.05, 0) is 114 Å². The Morgan fingerprint density at radius 1 is 0.198 bits per heavy atom. The third-order valence-electron chi connectivity index (χ3n) is 20.9. The average Bonchev–Trinajstić information content (AvgIpc) is 0.769. The zero-order chi connectivity index (χ0) is 69.7. The Balaban J connectivity index is 1.74. The van der Waals surface area contributed by atoms with E-state index in [0.717, 1.165) is 74.4 Å². The van der Waals surface area contributed by atoms with Gasteiger partial charge in [0.15, 0.2) is 0 Å². The van der Waals surface area contributed by atoms with Gasteiger partial charge in [-0.3, -0.25) is 0 Å². The normalized spacial score (nSPS) is 13.0. The summed E-state index contributed by atoms with van der Waals surface area (Å²) >= 11 is 0. The van der Waals surface area contributed by atoms with E-state index in [4.69, 9.17) is 18.9 Å². The third kappa shape index (κ3) is 30.9. The van der Waals surface area contributed by atoms with Crippen molar-refractivity contribution in [1.29, 1.82) is 0 Å². The Morgan fingerprint density at radius 2 is 0.323 bits per heavy atom. The molecule has 8 bridgehead atoms. The highest BCUT2D eigenvalue weighted by molar-refractivity contribution is 5.60. The van der Waals surface area contributed by atoms with Crippen molar-refractivity contribution in [2.24, 2.45) is 0 Å². The van der Waals surface area contributed by atoms with Crippen LogP contribution in [-0.4, -0.2) is 26.4 Å². The van der Waals surface area contributed by atoms with E-state index in [1.165, 1.54) is 298 Å². The molecule has 0 fully saturated rings. The van der Waals surface area contributed by atoms with Crippen LogP contribution in [0.5, 0.6) is 23.0 Å². The molecule has 1 aliphatic carbocycles. The summed E-state index contributed by atoms with van der Waals surface area (Å²) in [7, 11) is 0. The Hall–Kier alpha value is -3.92. The minimum atomic E-state index is -0.0995. The highest BCUT2D eigenvalue weighted by Gasteiger charge is 2.30. The van der Waals surface area contributed by atoms with Gasteiger partial charge < -0.3 is 18.9 Å². The van der Waals surface area contributed by atoms with E-state index in [1.54, 1.807) is 0 Å². The molecule has 0 heterocycles. The maximum absolute atomic E-state index is 7.51. The predicted octanol–water partition coefficient (Wildman–Crippen LogP) is 28.8. The number of fused-ring (bicyclic) bond motifs is 8. The SMILES string of the molecule is CCCCCCCCCCCCOc1c2cc(C(C)(C)C)cc1Cc1cc(C(C)(C)C)cc(c1OCCCCCCCCCCCC)Cc1cc(C(C)(C)C)cc(c1OCCCCCCCCCCCC)Cc1cc(C(C)(C)C)cc(c1OCCCCCCCCCCCC)C2. The molecule has 0 atom stereocenters. The third-order valence-corrected chi connectivity index (χ3v) is 20.9. The Bertz CT molecular complexity index is 2260. The van der Waals surface area contributed by atoms with E-state index >= 15 is 0 Å². The van der Waals surface area contributed by atoms with E-state index in [9.17, 15) is 0 Å². The molecule has 1 aliphatic rings. The van der Waals surface area contributed by atoms with Crippen LogP contribution in [0.1, 0.15) is 434 Å². The molecule has 0 amide bonds. The molecule has 0 saturated heterocycles. The van der Waals surface area contributed by atoms with Crippen LogP contribution >= 0.6 is 0 Å². The van der Waals surface area contributed by atoms with Crippen LogP contribution in [0.25, 0.3) is 0 Å². The lowest BCUT2D eigenvalue weighted by molar-refractivity contribution is 0.292. The molecular formula is C92H152O4. The van der Waals surface area contributed by atoms with Gasteiger partial charge in [-0.2, -0.15) is 0 Å². The zero-order valence-corrected chi connectivity index (χ0v) is 66.2. The summed E-state index contributed by atoms with van der Waals surface area (Å²) in [6.45, 7) is 41.0. The molecule has 4 nitrogen and oxygen atoms in total. The van der Waals surface area contributed by atoms with Gasteiger partial charge in [-0.25, -0.2) is 0 Å². The maximum atomic E-state index is 7.51. The van der Waals surface area contributed by atoms with E-state index in [0.29, 0.717) is 26.4 Å². The Labute approximate surface area is 595 Å². The monoisotopic (exact) mass is 1320 g/mol. The van der Waals surface area contributed by atoms with Crippen molar-refractivity contribution in [2.45, 2.75) is 415 Å². The highest BCUT2D eigenvalue weighted by atomic mass is 16.5. The second-order valence-electron chi connectivity index (χ2n) is 34.3. The molecule has 4 aromatic rings. The van der Waals surface area contributed by atoms with E-state index < -0.39 is 0 Å². The fourth-order valence-electron chi connectivity index (χ4n) is 14.4. The van der Waals surface area contributed by atoms with Crippen molar-refractivity contribution in [3.8, 4) is 23.0 Å². The second kappa shape index (κ2) is 45.1. The van der Waals surface area contributed by atoms with Gasteiger partial charge in [0.25, 0.3) is 0 Å². The molecule has 4 heteroatoms. The first-order valence-electron chi connectivity index (χ1n) is 41.2. The molecule has 4 aromatic carbocycles. The van der Waals surface area contributed by atoms with Gasteiger partial charge in [0.1, 0.15) is 23.0 Å². The Morgan fingerprint density at radius 3 is 0.448 bits per heavy atom. The Kier molecular flexibility index (Phi) is 38.8. The van der Waals surface area contributed by atoms with Crippen molar-refractivity contribution in [3.05, 3.63) is 115 Å². The molecule has 0 radical (unpaired) electrons. The van der Waals surface area contributed by atoms with Crippen molar-refractivity contribution >= 4 is 0 Å². The van der Waals surface area contributed by atoms with Gasteiger partial charge in [0.05, 0.1) is 26.4 Å². The summed E-state index contributed by atoms with van der Waals surface area (Å²) in [5.41, 5.74) is 15.2. The van der Waals surface area contributed by atoms with Crippen LogP contribution in [0.2, 0.25) is 0 Å². The average molecular weight is 1320 g/mol. The quantitative estimate of drug-likeness (QED) is 0.0364. The number of hydrogen-bond donors (Lipinski definition) is 0. The molecule has 0 aromatic heterocycles. The van der Waals surface area contributed by atoms with Crippen LogP contribution in [-0.2, 0) is 47.3 Å². The number of ether oxygens (including phenoxy) is 4. The molecule has 0 spiro atoms. The summed E-state index contributed by atoms with van der Waals surface area (Å²) in [6.07, 6.45) is 54.9. The van der Waals surface area contributed by atoms with Crippen LogP contribution in [0.15, 0.2) is 48.5 Å². The van der Waals surface area contributed by atoms with Crippen molar-refractivity contribution in [3.63, 3.8) is 0 Å². The van der Waals surface area contributed by atoms with Gasteiger partial charge >= 0.3 is 0 Å². The largest absolute Gasteiger partial charge is 0.493 e. The summed E-state index contributed by atoms with van der Waals surface area (Å²) in [4.78, 5) is 0. The number of hydrogen-bond acceptors (Lipinski definition) is 4. The molecule has 0 unspecified atom stereocenters. The first kappa shape index (κ1) is 82.7. The lowest BCUT2D eigenvalue weighted by Crippen LogP contribution is -2.18. The molecule has 5 rings (SSSR count). The van der Waals surface area contributed by atoms with Gasteiger partial charge in [-0.15, -0.1) is 0 Å². The lowest BCUT2D eigenvalue weighted by Gasteiger charge is -2.29. The summed E-state index contributed by atoms with van der Waals surface area (Å²) in [5, 5.41) is 0. The second-order valence-corrected chi connectivity index (χ2v) is 34.3. The topological polar surface area (TPSA) is 36.9 Å². The molecule has 0 N–H and O–H groups in total. The van der Waals surface area contributed by atoms with Crippen molar-refractivity contribution < 1.29 is 18.9 Å². The minimum absolute atomic E-state index is 0.0995. The van der Waals surface area contributed by atoms with Crippen LogP contribution in [0, 0.1) is 0 Å². The van der Waals surface area contributed by atoms with E-state index in [-0.39, 0.29) is 21.7 Å². The first-order valence-corrected chi connectivity index (χ1v) is 41.2. The smallest absolute Gasteiger partial charge is 0.126 e. The van der Waals surface area contributed by atoms with Crippen molar-refractivity contribution in [2.75, 3.05) is 26.4 Å². The fraction of sp³-hybridized carbons (Fsp3) is 0.739. The van der Waals surface area contributed by atoms with Crippen LogP contribution in [0.4, 0.5) is 0 Å². The summed E-state index contributed by atoms with van der Waals surface area (Å²) < 4.78 is 30.0. The number of rotatable bonds is 48. The summed E-state index contributed by atoms with van der Waals surface area (Å²) in [6, 6.07) is 20.3. The van der Waals surface area contributed by atoms with Crippen LogP contribution < -0.4 is 18.9 Å². The van der Waals surface area contributed by atoms with E-state index in [2.05, 4.69) is 159 Å².